The van der Waals surface area contributed by atoms with E-state index >= 15 is 0 Å². The topological polar surface area (TPSA) is 46.5 Å². The van der Waals surface area contributed by atoms with Crippen molar-refractivity contribution in [2.45, 2.75) is 19.4 Å². The molecule has 0 amide bonds. The number of aliphatic hydroxyl groups is 1. The van der Waals surface area contributed by atoms with E-state index in [9.17, 15) is 9.90 Å². The molecule has 82 valence electrons. The second-order valence-electron chi connectivity index (χ2n) is 3.59. The van der Waals surface area contributed by atoms with Crippen molar-refractivity contribution in [2.24, 2.45) is 5.92 Å². The Kier molecular flexibility index (Phi) is 4.31. The van der Waals surface area contributed by atoms with Crippen molar-refractivity contribution >= 4 is 5.97 Å². The Hall–Kier alpha value is -1.35. The first-order chi connectivity index (χ1) is 7.15. The van der Waals surface area contributed by atoms with Crippen molar-refractivity contribution in [2.75, 3.05) is 7.11 Å². The van der Waals surface area contributed by atoms with Crippen LogP contribution in [-0.4, -0.2) is 18.2 Å². The molecule has 0 spiro atoms. The van der Waals surface area contributed by atoms with E-state index in [0.717, 1.165) is 5.56 Å². The summed E-state index contributed by atoms with van der Waals surface area (Å²) < 4.78 is 4.60. The van der Waals surface area contributed by atoms with Gasteiger partial charge in [-0.25, -0.2) is 0 Å². The van der Waals surface area contributed by atoms with Crippen molar-refractivity contribution in [3.63, 3.8) is 0 Å². The van der Waals surface area contributed by atoms with Gasteiger partial charge >= 0.3 is 5.97 Å². The molecule has 1 aromatic rings. The van der Waals surface area contributed by atoms with E-state index < -0.39 is 6.10 Å². The molecule has 0 saturated carbocycles. The highest BCUT2D eigenvalue weighted by Crippen LogP contribution is 2.21. The quantitative estimate of drug-likeness (QED) is 0.769. The lowest BCUT2D eigenvalue weighted by Gasteiger charge is -2.14. The molecule has 2 atom stereocenters. The molecule has 3 nitrogen and oxygen atoms in total. The van der Waals surface area contributed by atoms with Crippen LogP contribution in [0.3, 0.4) is 0 Å². The van der Waals surface area contributed by atoms with Gasteiger partial charge in [0.05, 0.1) is 19.1 Å². The zero-order valence-electron chi connectivity index (χ0n) is 9.01. The van der Waals surface area contributed by atoms with Crippen LogP contribution >= 0.6 is 0 Å². The lowest BCUT2D eigenvalue weighted by atomic mass is 9.98. The summed E-state index contributed by atoms with van der Waals surface area (Å²) in [5, 5.41) is 9.83. The normalized spacial score (nSPS) is 14.3. The van der Waals surface area contributed by atoms with Crippen LogP contribution in [0.25, 0.3) is 0 Å². The van der Waals surface area contributed by atoms with Gasteiger partial charge in [-0.15, -0.1) is 0 Å². The maximum absolute atomic E-state index is 11.1. The fourth-order valence-corrected chi connectivity index (χ4v) is 1.44. The molecule has 2 unspecified atom stereocenters. The first kappa shape index (κ1) is 11.7. The first-order valence-corrected chi connectivity index (χ1v) is 4.96. The molecule has 0 aromatic heterocycles. The van der Waals surface area contributed by atoms with Crippen LogP contribution in [0, 0.1) is 5.92 Å². The lowest BCUT2D eigenvalue weighted by molar-refractivity contribution is -0.145. The number of hydrogen-bond donors (Lipinski definition) is 1. The van der Waals surface area contributed by atoms with Crippen LogP contribution in [0.2, 0.25) is 0 Å². The van der Waals surface area contributed by atoms with Crippen LogP contribution in [-0.2, 0) is 9.53 Å². The fourth-order valence-electron chi connectivity index (χ4n) is 1.44. The Bertz CT molecular complexity index is 308. The second kappa shape index (κ2) is 5.51. The smallest absolute Gasteiger partial charge is 0.308 e. The number of carbonyl (C=O) groups excluding carboxylic acids is 1. The van der Waals surface area contributed by atoms with Gasteiger partial charge < -0.3 is 9.84 Å². The number of rotatable bonds is 4. The molecule has 0 radical (unpaired) electrons. The maximum atomic E-state index is 11.1. The predicted octanol–water partition coefficient (Wildman–Crippen LogP) is 1.92. The molecule has 0 heterocycles. The molecule has 1 rings (SSSR count). The zero-order chi connectivity index (χ0) is 11.3. The monoisotopic (exact) mass is 208 g/mol. The Morgan fingerprint density at radius 1 is 1.40 bits per heavy atom. The van der Waals surface area contributed by atoms with Gasteiger partial charge in [0.2, 0.25) is 0 Å². The van der Waals surface area contributed by atoms with E-state index in [2.05, 4.69) is 4.74 Å². The molecule has 0 aliphatic carbocycles. The number of hydrogen-bond acceptors (Lipinski definition) is 3. The highest BCUT2D eigenvalue weighted by Gasteiger charge is 2.18. The minimum Gasteiger partial charge on any atom is -0.469 e. The summed E-state index contributed by atoms with van der Waals surface area (Å²) in [4.78, 5) is 11.1. The van der Waals surface area contributed by atoms with E-state index in [1.165, 1.54) is 7.11 Å². The minimum absolute atomic E-state index is 0.287. The van der Waals surface area contributed by atoms with Gasteiger partial charge in [0.1, 0.15) is 0 Å². The SMILES string of the molecule is COC(=O)C(C)CC(O)c1ccccc1. The summed E-state index contributed by atoms with van der Waals surface area (Å²) in [6.07, 6.45) is -0.225. The molecular formula is C12H16O3. The number of benzene rings is 1. The molecule has 3 heteroatoms. The molecule has 1 aromatic carbocycles. The zero-order valence-corrected chi connectivity index (χ0v) is 9.01. The van der Waals surface area contributed by atoms with E-state index in [4.69, 9.17) is 0 Å². The first-order valence-electron chi connectivity index (χ1n) is 4.96. The Morgan fingerprint density at radius 3 is 2.53 bits per heavy atom. The lowest BCUT2D eigenvalue weighted by Crippen LogP contribution is -2.15. The van der Waals surface area contributed by atoms with Gasteiger partial charge in [-0.3, -0.25) is 4.79 Å². The summed E-state index contributed by atoms with van der Waals surface area (Å²) in [6.45, 7) is 1.75. The van der Waals surface area contributed by atoms with Crippen molar-refractivity contribution in [3.05, 3.63) is 35.9 Å². The molecule has 0 aliphatic rings. The third-order valence-corrected chi connectivity index (χ3v) is 2.36. The molecule has 0 fully saturated rings. The Labute approximate surface area is 89.7 Å². The minimum atomic E-state index is -0.611. The van der Waals surface area contributed by atoms with Crippen LogP contribution in [0.1, 0.15) is 25.0 Å². The number of ether oxygens (including phenoxy) is 1. The molecule has 1 N–H and O–H groups in total. The largest absolute Gasteiger partial charge is 0.469 e. The average Bonchev–Trinajstić information content (AvgIpc) is 2.29. The van der Waals surface area contributed by atoms with Crippen LogP contribution < -0.4 is 0 Å². The maximum Gasteiger partial charge on any atom is 0.308 e. The number of methoxy groups -OCH3 is 1. The van der Waals surface area contributed by atoms with E-state index in [0.29, 0.717) is 6.42 Å². The third-order valence-electron chi connectivity index (χ3n) is 2.36. The average molecular weight is 208 g/mol. The number of esters is 1. The summed E-state index contributed by atoms with van der Waals surface area (Å²) in [5.74, 6) is -0.574. The van der Waals surface area contributed by atoms with Crippen molar-refractivity contribution in [3.8, 4) is 0 Å². The van der Waals surface area contributed by atoms with Gasteiger partial charge in [-0.05, 0) is 12.0 Å². The summed E-state index contributed by atoms with van der Waals surface area (Å²) in [5.41, 5.74) is 0.827. The third kappa shape index (κ3) is 3.36. The summed E-state index contributed by atoms with van der Waals surface area (Å²) in [7, 11) is 1.35. The van der Waals surface area contributed by atoms with Crippen molar-refractivity contribution in [1.29, 1.82) is 0 Å². The fraction of sp³-hybridized carbons (Fsp3) is 0.417. The van der Waals surface area contributed by atoms with Gasteiger partial charge in [0.15, 0.2) is 0 Å². The van der Waals surface area contributed by atoms with Gasteiger partial charge in [-0.2, -0.15) is 0 Å². The Morgan fingerprint density at radius 2 is 2.00 bits per heavy atom. The molecule has 0 bridgehead atoms. The van der Waals surface area contributed by atoms with Crippen LogP contribution in [0.4, 0.5) is 0 Å². The van der Waals surface area contributed by atoms with E-state index in [1.54, 1.807) is 6.92 Å². The molecule has 0 saturated heterocycles. The number of aliphatic hydroxyl groups excluding tert-OH is 1. The van der Waals surface area contributed by atoms with Gasteiger partial charge in [-0.1, -0.05) is 37.3 Å². The van der Waals surface area contributed by atoms with Crippen LogP contribution in [0.5, 0.6) is 0 Å². The second-order valence-corrected chi connectivity index (χ2v) is 3.59. The summed E-state index contributed by atoms with van der Waals surface area (Å²) >= 11 is 0. The number of carbonyl (C=O) groups is 1. The Balaban J connectivity index is 2.56. The molecular weight excluding hydrogens is 192 g/mol. The molecule has 15 heavy (non-hydrogen) atoms. The predicted molar refractivity (Wildman–Crippen MR) is 57.2 cm³/mol. The van der Waals surface area contributed by atoms with Crippen molar-refractivity contribution < 1.29 is 14.6 Å². The van der Waals surface area contributed by atoms with Gasteiger partial charge in [0, 0.05) is 0 Å². The van der Waals surface area contributed by atoms with Gasteiger partial charge in [0.25, 0.3) is 0 Å². The van der Waals surface area contributed by atoms with E-state index in [-0.39, 0.29) is 11.9 Å². The standard InChI is InChI=1S/C12H16O3/c1-9(12(14)15-2)8-11(13)10-6-4-3-5-7-10/h3-7,9,11,13H,8H2,1-2H3. The van der Waals surface area contributed by atoms with Crippen molar-refractivity contribution in [1.82, 2.24) is 0 Å². The van der Waals surface area contributed by atoms with E-state index in [1.807, 2.05) is 30.3 Å². The van der Waals surface area contributed by atoms with Crippen LogP contribution in [0.15, 0.2) is 30.3 Å². The highest BCUT2D eigenvalue weighted by molar-refractivity contribution is 5.71. The summed E-state index contributed by atoms with van der Waals surface area (Å²) in [6, 6.07) is 9.30. The highest BCUT2D eigenvalue weighted by atomic mass is 16.5. The molecule has 0 aliphatic heterocycles.